The number of guanidine groups is 1. The molecule has 0 aliphatic heterocycles. The highest BCUT2D eigenvalue weighted by molar-refractivity contribution is 5.97. The third kappa shape index (κ3) is 19.0. The highest BCUT2D eigenvalue weighted by Crippen LogP contribution is 2.09. The molecule has 0 aliphatic carbocycles. The van der Waals surface area contributed by atoms with E-state index in [4.69, 9.17) is 28.3 Å². The van der Waals surface area contributed by atoms with Crippen molar-refractivity contribution in [2.75, 3.05) is 6.54 Å². The minimum absolute atomic E-state index is 0.0513. The number of hydrogen-bond donors (Lipinski definition) is 14. The molecule has 0 aromatic heterocycles. The van der Waals surface area contributed by atoms with E-state index in [1.807, 2.05) is 5.32 Å². The van der Waals surface area contributed by atoms with Gasteiger partial charge in [-0.1, -0.05) is 13.8 Å². The Labute approximate surface area is 298 Å². The van der Waals surface area contributed by atoms with Gasteiger partial charge in [0, 0.05) is 13.0 Å². The van der Waals surface area contributed by atoms with Gasteiger partial charge in [0.1, 0.15) is 30.2 Å². The van der Waals surface area contributed by atoms with Crippen molar-refractivity contribution in [2.24, 2.45) is 28.9 Å². The van der Waals surface area contributed by atoms with Gasteiger partial charge in [-0.2, -0.15) is 0 Å². The van der Waals surface area contributed by atoms with E-state index in [1.165, 1.54) is 0 Å². The molecule has 0 unspecified atom stereocenters. The lowest BCUT2D eigenvalue weighted by Crippen LogP contribution is -2.61. The molecule has 0 saturated heterocycles. The predicted octanol–water partition coefficient (Wildman–Crippen LogP) is -5.87. The molecule has 7 amide bonds. The smallest absolute Gasteiger partial charge is 0.326 e. The third-order valence-corrected chi connectivity index (χ3v) is 7.08. The average Bonchev–Trinajstić information content (AvgIpc) is 3.00. The van der Waals surface area contributed by atoms with Gasteiger partial charge in [-0.15, -0.1) is 0 Å². The lowest BCUT2D eigenvalue weighted by atomic mass is 10.0. The highest BCUT2D eigenvalue weighted by atomic mass is 16.4. The molecule has 52 heavy (non-hydrogen) atoms. The summed E-state index contributed by atoms with van der Waals surface area (Å²) in [6.45, 7) is 4.59. The van der Waals surface area contributed by atoms with Crippen LogP contribution in [0.4, 0.5) is 0 Å². The van der Waals surface area contributed by atoms with Crippen molar-refractivity contribution in [3.63, 3.8) is 0 Å². The van der Waals surface area contributed by atoms with Crippen LogP contribution in [-0.2, 0) is 43.2 Å². The maximum absolute atomic E-state index is 13.6. The molecular weight excluding hydrogens is 694 g/mol. The zero-order chi connectivity index (χ0) is 40.3. The molecular formula is C29H51N11O12. The summed E-state index contributed by atoms with van der Waals surface area (Å²) in [6, 6.07) is -9.48. The Kier molecular flexibility index (Phi) is 20.5. The Bertz CT molecular complexity index is 1330. The van der Waals surface area contributed by atoms with Crippen LogP contribution >= 0.6 is 0 Å². The summed E-state index contributed by atoms with van der Waals surface area (Å²) in [7, 11) is 0. The van der Waals surface area contributed by atoms with Gasteiger partial charge in [0.05, 0.1) is 25.0 Å². The molecule has 0 radical (unpaired) electrons. The monoisotopic (exact) mass is 745 g/mol. The molecule has 0 saturated carbocycles. The molecule has 23 nitrogen and oxygen atoms in total. The Balaban J connectivity index is 6.34. The molecule has 23 heteroatoms. The average molecular weight is 746 g/mol. The topological polar surface area (TPSA) is 414 Å². The van der Waals surface area contributed by atoms with Crippen molar-refractivity contribution < 1.29 is 58.5 Å². The maximum atomic E-state index is 13.6. The van der Waals surface area contributed by atoms with E-state index in [2.05, 4.69) is 26.6 Å². The van der Waals surface area contributed by atoms with Gasteiger partial charge in [-0.25, -0.2) is 4.79 Å². The van der Waals surface area contributed by atoms with Crippen LogP contribution in [0.3, 0.4) is 0 Å². The first kappa shape index (κ1) is 46.4. The Morgan fingerprint density at radius 2 is 1.13 bits per heavy atom. The van der Waals surface area contributed by atoms with Gasteiger partial charge < -0.3 is 70.2 Å². The van der Waals surface area contributed by atoms with E-state index in [9.17, 15) is 58.5 Å². The van der Waals surface area contributed by atoms with Crippen molar-refractivity contribution >= 4 is 59.2 Å². The number of hydrogen-bond acceptors (Lipinski definition) is 12. The fourth-order valence-corrected chi connectivity index (χ4v) is 4.49. The molecule has 0 fully saturated rings. The van der Waals surface area contributed by atoms with Gasteiger partial charge in [-0.05, 0) is 38.5 Å². The van der Waals surface area contributed by atoms with E-state index < -0.39 is 121 Å². The van der Waals surface area contributed by atoms with Gasteiger partial charge in [0.2, 0.25) is 41.4 Å². The second kappa shape index (κ2) is 23.0. The lowest BCUT2D eigenvalue weighted by molar-refractivity contribution is -0.144. The van der Waals surface area contributed by atoms with Crippen LogP contribution < -0.4 is 54.8 Å². The van der Waals surface area contributed by atoms with Gasteiger partial charge >= 0.3 is 11.9 Å². The largest absolute Gasteiger partial charge is 0.481 e. The Morgan fingerprint density at radius 1 is 0.654 bits per heavy atom. The Hall–Kier alpha value is -5.58. The molecule has 18 N–H and O–H groups in total. The van der Waals surface area contributed by atoms with Crippen molar-refractivity contribution in [3.8, 4) is 0 Å². The second-order valence-corrected chi connectivity index (χ2v) is 12.3. The number of aliphatic hydroxyl groups is 1. The zero-order valence-corrected chi connectivity index (χ0v) is 29.1. The number of carboxylic acid groups (broad SMARTS) is 2. The number of carbonyl (C=O) groups is 9. The van der Waals surface area contributed by atoms with Crippen LogP contribution in [0.25, 0.3) is 0 Å². The Morgan fingerprint density at radius 3 is 1.60 bits per heavy atom. The van der Waals surface area contributed by atoms with E-state index >= 15 is 0 Å². The van der Waals surface area contributed by atoms with Crippen molar-refractivity contribution in [1.82, 2.24) is 31.9 Å². The van der Waals surface area contributed by atoms with E-state index in [1.54, 1.807) is 13.8 Å². The minimum Gasteiger partial charge on any atom is -0.481 e. The molecule has 0 heterocycles. The molecule has 0 bridgehead atoms. The number of aliphatic hydroxyl groups excluding tert-OH is 1. The van der Waals surface area contributed by atoms with Gasteiger partial charge in [-0.3, -0.25) is 43.8 Å². The molecule has 0 spiro atoms. The number of carbonyl (C=O) groups excluding carboxylic acids is 7. The van der Waals surface area contributed by atoms with E-state index in [-0.39, 0.29) is 37.7 Å². The van der Waals surface area contributed by atoms with Crippen LogP contribution in [0.15, 0.2) is 0 Å². The molecule has 0 rings (SSSR count). The molecule has 294 valence electrons. The van der Waals surface area contributed by atoms with Crippen LogP contribution in [0, 0.1) is 11.3 Å². The van der Waals surface area contributed by atoms with Gasteiger partial charge in [0.25, 0.3) is 0 Å². The quantitative estimate of drug-likeness (QED) is 0.0235. The molecule has 7 atom stereocenters. The number of rotatable bonds is 25. The summed E-state index contributed by atoms with van der Waals surface area (Å²) >= 11 is 0. The number of primary amides is 2. The first-order valence-corrected chi connectivity index (χ1v) is 16.1. The van der Waals surface area contributed by atoms with Crippen molar-refractivity contribution in [1.29, 1.82) is 5.41 Å². The lowest BCUT2D eigenvalue weighted by Gasteiger charge is -2.28. The molecule has 0 aromatic carbocycles. The zero-order valence-electron chi connectivity index (χ0n) is 29.1. The third-order valence-electron chi connectivity index (χ3n) is 7.08. The second-order valence-electron chi connectivity index (χ2n) is 12.3. The predicted molar refractivity (Wildman–Crippen MR) is 180 cm³/mol. The minimum atomic E-state index is -1.86. The number of carboxylic acids is 2. The summed E-state index contributed by atoms with van der Waals surface area (Å²) in [5.74, 6) is -10.7. The summed E-state index contributed by atoms with van der Waals surface area (Å²) < 4.78 is 0. The summed E-state index contributed by atoms with van der Waals surface area (Å²) in [6.07, 6.45) is -4.24. The van der Waals surface area contributed by atoms with Crippen molar-refractivity contribution in [2.45, 2.75) is 108 Å². The van der Waals surface area contributed by atoms with Crippen LogP contribution in [-0.4, -0.2) is 123 Å². The first-order chi connectivity index (χ1) is 24.0. The van der Waals surface area contributed by atoms with Crippen molar-refractivity contribution in [3.05, 3.63) is 0 Å². The summed E-state index contributed by atoms with van der Waals surface area (Å²) in [5, 5.41) is 49.9. The van der Waals surface area contributed by atoms with E-state index in [0.717, 1.165) is 6.92 Å². The molecule has 0 aromatic rings. The fraction of sp³-hybridized carbons (Fsp3) is 0.655. The van der Waals surface area contributed by atoms with Crippen LogP contribution in [0.1, 0.15) is 65.7 Å². The van der Waals surface area contributed by atoms with Crippen LogP contribution in [0.5, 0.6) is 0 Å². The number of amides is 7. The van der Waals surface area contributed by atoms with E-state index in [0.29, 0.717) is 0 Å². The standard InChI is InChI=1S/C29H51N11O12/c1-12(2)9-17(38-23(46)14(30)10-19(31)42)26(49)36-15(5-4-8-35-29(33)34)24(47)37-16(6-7-21(44)45)25(48)40-22(13(3)41)27(50)39-18(28(51)52)11-20(32)43/h12-18,22,41H,4-11,30H2,1-3H3,(H2,31,42)(H2,32,43)(H,36,49)(H,37,47)(H,38,46)(H,39,50)(H,40,48)(H,44,45)(H,51,52)(H4,33,34,35)/t13-,14+,15+,16+,17+,18+,22+/m1/s1. The number of nitrogens with two attached hydrogens (primary N) is 4. The van der Waals surface area contributed by atoms with Gasteiger partial charge in [0.15, 0.2) is 5.96 Å². The maximum Gasteiger partial charge on any atom is 0.326 e. The highest BCUT2D eigenvalue weighted by Gasteiger charge is 2.35. The number of nitrogens with one attached hydrogen (secondary N) is 7. The summed E-state index contributed by atoms with van der Waals surface area (Å²) in [5.41, 5.74) is 21.1. The number of aliphatic carboxylic acids is 2. The summed E-state index contributed by atoms with van der Waals surface area (Å²) in [4.78, 5) is 111. The molecule has 0 aliphatic rings. The SMILES string of the molecule is CC(C)C[C@H](NC(=O)[C@@H](N)CC(N)=O)C(=O)N[C@@H](CCCNC(=N)N)C(=O)N[C@@H](CCC(=O)O)C(=O)N[C@H](C(=O)N[C@@H](CC(N)=O)C(=O)O)[C@@H](C)O. The normalized spacial score (nSPS) is 14.9. The fourth-order valence-electron chi connectivity index (χ4n) is 4.49. The van der Waals surface area contributed by atoms with Crippen LogP contribution in [0.2, 0.25) is 0 Å². The first-order valence-electron chi connectivity index (χ1n) is 16.1.